The molecule has 1 spiro atoms. The van der Waals surface area contributed by atoms with Crippen LogP contribution in [0.5, 0.6) is 0 Å². The highest BCUT2D eigenvalue weighted by molar-refractivity contribution is 7.89. The third kappa shape index (κ3) is 6.93. The molecule has 0 aliphatic carbocycles. The molecule has 0 saturated carbocycles. The molecule has 6 rings (SSSR count). The summed E-state index contributed by atoms with van der Waals surface area (Å²) in [5, 5.41) is 9.48. The molecule has 3 aliphatic rings. The summed E-state index contributed by atoms with van der Waals surface area (Å²) < 4.78 is 52.7. The fraction of sp³-hybridized carbons (Fsp3) is 0.438. The zero-order valence-corrected chi connectivity index (χ0v) is 24.4. The van der Waals surface area contributed by atoms with Crippen LogP contribution < -0.4 is 4.72 Å². The Morgan fingerprint density at radius 2 is 1.48 bits per heavy atom. The molecule has 42 heavy (non-hydrogen) atoms. The van der Waals surface area contributed by atoms with Crippen LogP contribution in [-0.4, -0.2) is 63.2 Å². The third-order valence-electron chi connectivity index (χ3n) is 8.28. The molecule has 3 atom stereocenters. The number of ether oxygens (including phenoxy) is 4. The number of likely N-dealkylation sites (tertiary alicyclic amines) is 1. The maximum absolute atomic E-state index is 12.6. The first-order valence-electron chi connectivity index (χ1n) is 14.6. The Bertz CT molecular complexity index is 1400. The minimum Gasteiger partial charge on any atom is -0.392 e. The highest BCUT2D eigenvalue weighted by Gasteiger charge is 2.41. The van der Waals surface area contributed by atoms with Crippen molar-refractivity contribution in [2.75, 3.05) is 32.8 Å². The van der Waals surface area contributed by atoms with Crippen molar-refractivity contribution in [3.8, 4) is 0 Å². The van der Waals surface area contributed by atoms with E-state index in [0.29, 0.717) is 19.6 Å². The van der Waals surface area contributed by atoms with Crippen LogP contribution in [0.3, 0.4) is 0 Å². The molecular formula is C32H38N2O7S. The van der Waals surface area contributed by atoms with E-state index in [0.717, 1.165) is 54.7 Å². The van der Waals surface area contributed by atoms with Crippen molar-refractivity contribution in [1.29, 1.82) is 0 Å². The maximum atomic E-state index is 12.6. The van der Waals surface area contributed by atoms with Crippen LogP contribution in [0.25, 0.3) is 0 Å². The van der Waals surface area contributed by atoms with Crippen molar-refractivity contribution < 1.29 is 32.5 Å². The fourth-order valence-electron chi connectivity index (χ4n) is 5.84. The Kier molecular flexibility index (Phi) is 9.04. The van der Waals surface area contributed by atoms with Gasteiger partial charge in [0.15, 0.2) is 12.1 Å². The van der Waals surface area contributed by atoms with Gasteiger partial charge in [-0.05, 0) is 28.8 Å². The number of nitrogens with zero attached hydrogens (tertiary/aromatic N) is 1. The lowest BCUT2D eigenvalue weighted by Crippen LogP contribution is -2.48. The number of nitrogens with one attached hydrogen (secondary N) is 1. The monoisotopic (exact) mass is 594 g/mol. The van der Waals surface area contributed by atoms with E-state index in [2.05, 4.69) is 9.62 Å². The normalized spacial score (nSPS) is 24.6. The van der Waals surface area contributed by atoms with Gasteiger partial charge in [-0.3, -0.25) is 0 Å². The van der Waals surface area contributed by atoms with Gasteiger partial charge in [0.1, 0.15) is 0 Å². The molecule has 224 valence electrons. The molecule has 3 heterocycles. The van der Waals surface area contributed by atoms with E-state index in [1.165, 1.54) is 0 Å². The van der Waals surface area contributed by atoms with Gasteiger partial charge in [0, 0.05) is 51.0 Å². The fourth-order valence-corrected chi connectivity index (χ4v) is 6.88. The zero-order valence-electron chi connectivity index (χ0n) is 23.6. The lowest BCUT2D eigenvalue weighted by molar-refractivity contribution is -0.255. The van der Waals surface area contributed by atoms with Crippen molar-refractivity contribution in [2.24, 2.45) is 0 Å². The van der Waals surface area contributed by atoms with Crippen LogP contribution >= 0.6 is 0 Å². The smallest absolute Gasteiger partial charge is 0.240 e. The first-order valence-corrected chi connectivity index (χ1v) is 16.0. The number of piperidine rings is 1. The third-order valence-corrected chi connectivity index (χ3v) is 9.70. The molecule has 2 N–H and O–H groups in total. The highest BCUT2D eigenvalue weighted by Crippen LogP contribution is 2.39. The Morgan fingerprint density at radius 3 is 2.14 bits per heavy atom. The summed E-state index contributed by atoms with van der Waals surface area (Å²) in [4.78, 5) is 2.65. The van der Waals surface area contributed by atoms with Crippen LogP contribution in [0.4, 0.5) is 0 Å². The second-order valence-corrected chi connectivity index (χ2v) is 12.9. The average molecular weight is 595 g/mol. The van der Waals surface area contributed by atoms with Crippen LogP contribution in [0.15, 0.2) is 83.8 Å². The van der Waals surface area contributed by atoms with Gasteiger partial charge in [0.05, 0.1) is 36.9 Å². The number of aliphatic hydroxyl groups excluding tert-OH is 1. The Balaban J connectivity index is 1.13. The summed E-state index contributed by atoms with van der Waals surface area (Å²) in [5.41, 5.74) is 3.61. The number of benzene rings is 3. The van der Waals surface area contributed by atoms with Crippen molar-refractivity contribution >= 4 is 10.0 Å². The van der Waals surface area contributed by atoms with E-state index < -0.39 is 22.1 Å². The predicted molar refractivity (Wildman–Crippen MR) is 156 cm³/mol. The molecule has 10 heteroatoms. The summed E-state index contributed by atoms with van der Waals surface area (Å²) in [6, 6.07) is 23.9. The number of hydrogen-bond donors (Lipinski definition) is 2. The van der Waals surface area contributed by atoms with Gasteiger partial charge in [0.2, 0.25) is 10.0 Å². The lowest BCUT2D eigenvalue weighted by atomic mass is 9.98. The quantitative estimate of drug-likeness (QED) is 0.383. The summed E-state index contributed by atoms with van der Waals surface area (Å²) in [6.45, 7) is 4.05. The lowest BCUT2D eigenvalue weighted by Gasteiger charge is -2.41. The molecule has 9 nitrogen and oxygen atoms in total. The number of aliphatic hydroxyl groups is 1. The van der Waals surface area contributed by atoms with E-state index in [-0.39, 0.29) is 30.3 Å². The zero-order chi connectivity index (χ0) is 29.0. The van der Waals surface area contributed by atoms with Gasteiger partial charge in [-0.1, -0.05) is 66.7 Å². The van der Waals surface area contributed by atoms with E-state index in [1.54, 1.807) is 30.3 Å². The first kappa shape index (κ1) is 29.4. The Labute approximate surface area is 247 Å². The van der Waals surface area contributed by atoms with Crippen LogP contribution in [0.1, 0.15) is 53.9 Å². The van der Waals surface area contributed by atoms with Crippen LogP contribution in [0, 0.1) is 0 Å². The topological polar surface area (TPSA) is 107 Å². The van der Waals surface area contributed by atoms with Crippen molar-refractivity contribution in [3.05, 3.63) is 101 Å². The molecule has 3 fully saturated rings. The van der Waals surface area contributed by atoms with Gasteiger partial charge in [0.25, 0.3) is 0 Å². The summed E-state index contributed by atoms with van der Waals surface area (Å²) >= 11 is 0. The van der Waals surface area contributed by atoms with Crippen molar-refractivity contribution in [2.45, 2.75) is 61.6 Å². The van der Waals surface area contributed by atoms with Crippen molar-refractivity contribution in [3.63, 3.8) is 0 Å². The number of rotatable bonds is 9. The highest BCUT2D eigenvalue weighted by atomic mass is 32.2. The first-order chi connectivity index (χ1) is 20.4. The molecule has 0 radical (unpaired) electrons. The summed E-state index contributed by atoms with van der Waals surface area (Å²) in [5.74, 6) is -0.413. The molecule has 3 saturated heterocycles. The Morgan fingerprint density at radius 1 is 0.833 bits per heavy atom. The molecule has 3 aromatic rings. The SMILES string of the molecule is O=S(=O)(NCc1ccc([C@@H]2O[C@H](CN3CCC4(CC3)OCCO4)C[C@H](c3ccc(CO)cc3)O2)cc1)c1ccccc1. The predicted octanol–water partition coefficient (Wildman–Crippen LogP) is 4.04. The molecule has 0 aromatic heterocycles. The van der Waals surface area contributed by atoms with Gasteiger partial charge < -0.3 is 29.0 Å². The van der Waals surface area contributed by atoms with Crippen LogP contribution in [-0.2, 0) is 42.1 Å². The minimum atomic E-state index is -3.60. The molecule has 0 amide bonds. The van der Waals surface area contributed by atoms with Crippen molar-refractivity contribution in [1.82, 2.24) is 9.62 Å². The minimum absolute atomic E-state index is 0.00208. The molecule has 3 aromatic carbocycles. The summed E-state index contributed by atoms with van der Waals surface area (Å²) in [6.07, 6.45) is 1.62. The second-order valence-electron chi connectivity index (χ2n) is 11.1. The van der Waals surface area contributed by atoms with Gasteiger partial charge in [-0.2, -0.15) is 0 Å². The number of hydrogen-bond acceptors (Lipinski definition) is 8. The molecule has 3 aliphatic heterocycles. The molecule has 0 unspecified atom stereocenters. The van der Waals surface area contributed by atoms with E-state index >= 15 is 0 Å². The van der Waals surface area contributed by atoms with Crippen LogP contribution in [0.2, 0.25) is 0 Å². The average Bonchev–Trinajstić information content (AvgIpc) is 3.50. The second kappa shape index (κ2) is 12.9. The molecular weight excluding hydrogens is 556 g/mol. The Hall–Kier alpha value is -2.67. The van der Waals surface area contributed by atoms with Gasteiger partial charge in [-0.25, -0.2) is 13.1 Å². The van der Waals surface area contributed by atoms with Gasteiger partial charge >= 0.3 is 0 Å². The van der Waals surface area contributed by atoms with Gasteiger partial charge in [-0.15, -0.1) is 0 Å². The molecule has 0 bridgehead atoms. The maximum Gasteiger partial charge on any atom is 0.240 e. The van der Waals surface area contributed by atoms with E-state index in [1.807, 2.05) is 48.5 Å². The number of sulfonamides is 1. The van der Waals surface area contributed by atoms with E-state index in [4.69, 9.17) is 18.9 Å². The van der Waals surface area contributed by atoms with E-state index in [9.17, 15) is 13.5 Å². The summed E-state index contributed by atoms with van der Waals surface area (Å²) in [7, 11) is -3.60. The largest absolute Gasteiger partial charge is 0.392 e. The standard InChI is InChI=1S/C32H38N2O7S/c35-23-25-8-10-26(11-9-25)30-20-28(22-34-16-14-32(15-17-34)38-18-19-39-32)40-31(41-30)27-12-6-24(7-13-27)21-33-42(36,37)29-4-2-1-3-5-29/h1-13,28,30-31,33,35H,14-23H2/t28-,30+,31+/m0/s1.